The number of aromatic nitrogens is 3. The van der Waals surface area contributed by atoms with E-state index in [2.05, 4.69) is 16.0 Å². The lowest BCUT2D eigenvalue weighted by Crippen LogP contribution is -2.42. The Morgan fingerprint density at radius 3 is 2.51 bits per heavy atom. The molecule has 1 amide bonds. The van der Waals surface area contributed by atoms with Crippen LogP contribution in [0.3, 0.4) is 0 Å². The highest BCUT2D eigenvalue weighted by Gasteiger charge is 2.33. The van der Waals surface area contributed by atoms with E-state index in [9.17, 15) is 9.90 Å². The van der Waals surface area contributed by atoms with Gasteiger partial charge in [-0.15, -0.1) is 0 Å². The second-order valence-electron chi connectivity index (χ2n) is 11.1. The first kappa shape index (κ1) is 27.3. The zero-order valence-corrected chi connectivity index (χ0v) is 23.3. The second kappa shape index (κ2) is 12.3. The van der Waals surface area contributed by atoms with Crippen LogP contribution in [-0.4, -0.2) is 45.7 Å². The molecule has 5 rings (SSSR count). The summed E-state index contributed by atoms with van der Waals surface area (Å²) in [5, 5.41) is 10.0. The third kappa shape index (κ3) is 6.32. The molecule has 39 heavy (non-hydrogen) atoms. The number of pyridine rings is 2. The van der Waals surface area contributed by atoms with E-state index < -0.39 is 0 Å². The van der Waals surface area contributed by atoms with E-state index in [1.165, 1.54) is 0 Å². The van der Waals surface area contributed by atoms with Crippen LogP contribution in [0.2, 0.25) is 0 Å². The van der Waals surface area contributed by atoms with Crippen molar-refractivity contribution in [3.8, 4) is 17.0 Å². The lowest BCUT2D eigenvalue weighted by atomic mass is 9.79. The Hall–Kier alpha value is -3.26. The predicted octanol–water partition coefficient (Wildman–Crippen LogP) is 5.87. The molecule has 2 fully saturated rings. The number of hydrogen-bond acceptors (Lipinski definition) is 7. The predicted molar refractivity (Wildman–Crippen MR) is 150 cm³/mol. The van der Waals surface area contributed by atoms with Crippen LogP contribution in [0, 0.1) is 18.8 Å². The van der Waals surface area contributed by atoms with Crippen LogP contribution in [0.1, 0.15) is 81.5 Å². The van der Waals surface area contributed by atoms with Crippen molar-refractivity contribution in [2.75, 3.05) is 18.6 Å². The summed E-state index contributed by atoms with van der Waals surface area (Å²) in [5.41, 5.74) is 3.71. The van der Waals surface area contributed by atoms with E-state index in [4.69, 9.17) is 14.1 Å². The molecule has 0 saturated heterocycles. The standard InChI is InChI=1S/C31H40N4O4/c1-4-30-34-27(19-39-30)24-15-16-32-29(17-24)35(31(37)23-9-11-25(36)12-10-23)18-21-5-7-22(8-6-21)26-13-14-28(38-3)20(2)33-26/h13-17,19,21-23,25,36H,4-12,18H2,1-3H3. The Balaban J connectivity index is 1.33. The number of carbonyl (C=O) groups excluding carboxylic acids is 1. The topological polar surface area (TPSA) is 102 Å². The monoisotopic (exact) mass is 532 g/mol. The SMILES string of the molecule is CCc1nc(-c2ccnc(N(CC3CCC(c4ccc(OC)c(C)n4)CC3)C(=O)C3CCC(O)CC3)c2)co1. The molecule has 3 aromatic heterocycles. The fraction of sp³-hybridized carbons (Fsp3) is 0.548. The maximum Gasteiger partial charge on any atom is 0.231 e. The summed E-state index contributed by atoms with van der Waals surface area (Å²) in [5.74, 6) is 3.03. The minimum Gasteiger partial charge on any atom is -0.495 e. The molecule has 208 valence electrons. The molecule has 2 aliphatic carbocycles. The average Bonchev–Trinajstić information content (AvgIpc) is 3.46. The number of ether oxygens (including phenoxy) is 1. The Labute approximate surface area is 230 Å². The molecule has 8 heteroatoms. The summed E-state index contributed by atoms with van der Waals surface area (Å²) in [6.45, 7) is 4.65. The number of aryl methyl sites for hydroxylation is 2. The highest BCUT2D eigenvalue weighted by atomic mass is 16.5. The molecule has 0 unspecified atom stereocenters. The Kier molecular flexibility index (Phi) is 8.60. The summed E-state index contributed by atoms with van der Waals surface area (Å²) in [7, 11) is 1.68. The van der Waals surface area contributed by atoms with Crippen LogP contribution < -0.4 is 9.64 Å². The summed E-state index contributed by atoms with van der Waals surface area (Å²) < 4.78 is 10.9. The molecule has 0 spiro atoms. The van der Waals surface area contributed by atoms with Gasteiger partial charge in [0.25, 0.3) is 0 Å². The molecule has 2 aliphatic rings. The van der Waals surface area contributed by atoms with Crippen molar-refractivity contribution in [1.82, 2.24) is 15.0 Å². The number of nitrogens with zero attached hydrogens (tertiary/aromatic N) is 4. The van der Waals surface area contributed by atoms with Crippen LogP contribution in [0.4, 0.5) is 5.82 Å². The highest BCUT2D eigenvalue weighted by Crippen LogP contribution is 2.37. The first-order valence-electron chi connectivity index (χ1n) is 14.4. The largest absolute Gasteiger partial charge is 0.495 e. The van der Waals surface area contributed by atoms with Crippen molar-refractivity contribution < 1.29 is 19.1 Å². The van der Waals surface area contributed by atoms with Gasteiger partial charge in [0.1, 0.15) is 23.5 Å². The summed E-state index contributed by atoms with van der Waals surface area (Å²) in [6, 6.07) is 7.98. The van der Waals surface area contributed by atoms with Gasteiger partial charge in [-0.3, -0.25) is 14.7 Å². The molecule has 0 aliphatic heterocycles. The van der Waals surface area contributed by atoms with Crippen LogP contribution in [0.15, 0.2) is 41.1 Å². The maximum atomic E-state index is 13.9. The van der Waals surface area contributed by atoms with Crippen LogP contribution >= 0.6 is 0 Å². The number of oxazole rings is 1. The number of aliphatic hydroxyl groups is 1. The van der Waals surface area contributed by atoms with Gasteiger partial charge in [-0.1, -0.05) is 6.92 Å². The van der Waals surface area contributed by atoms with E-state index in [-0.39, 0.29) is 17.9 Å². The summed E-state index contributed by atoms with van der Waals surface area (Å²) in [4.78, 5) is 29.9. The van der Waals surface area contributed by atoms with Crippen molar-refractivity contribution in [2.45, 2.75) is 83.7 Å². The molecule has 0 radical (unpaired) electrons. The first-order chi connectivity index (χ1) is 18.9. The fourth-order valence-corrected chi connectivity index (χ4v) is 6.08. The molecule has 3 aromatic rings. The quantitative estimate of drug-likeness (QED) is 0.387. The summed E-state index contributed by atoms with van der Waals surface area (Å²) >= 11 is 0. The number of rotatable bonds is 8. The number of methoxy groups -OCH3 is 1. The molecular formula is C31H40N4O4. The van der Waals surface area contributed by atoms with Crippen LogP contribution in [0.25, 0.3) is 11.3 Å². The van der Waals surface area contributed by atoms with Crippen LogP contribution in [-0.2, 0) is 11.2 Å². The van der Waals surface area contributed by atoms with Gasteiger partial charge in [0.05, 0.1) is 18.9 Å². The Morgan fingerprint density at radius 1 is 1.08 bits per heavy atom. The van der Waals surface area contributed by atoms with Crippen molar-refractivity contribution in [2.24, 2.45) is 11.8 Å². The van der Waals surface area contributed by atoms with E-state index in [0.29, 0.717) is 55.8 Å². The van der Waals surface area contributed by atoms with E-state index in [1.54, 1.807) is 19.6 Å². The van der Waals surface area contributed by atoms with Gasteiger partial charge in [0.2, 0.25) is 5.91 Å². The zero-order valence-electron chi connectivity index (χ0n) is 23.3. The van der Waals surface area contributed by atoms with Gasteiger partial charge >= 0.3 is 0 Å². The minimum absolute atomic E-state index is 0.0830. The average molecular weight is 533 g/mol. The fourth-order valence-electron chi connectivity index (χ4n) is 6.08. The molecule has 0 aromatic carbocycles. The maximum absolute atomic E-state index is 13.9. The lowest BCUT2D eigenvalue weighted by molar-refractivity contribution is -0.124. The number of hydrogen-bond donors (Lipinski definition) is 1. The number of anilines is 1. The van der Waals surface area contributed by atoms with Gasteiger partial charge < -0.3 is 14.3 Å². The molecule has 1 N–H and O–H groups in total. The highest BCUT2D eigenvalue weighted by molar-refractivity contribution is 5.94. The van der Waals surface area contributed by atoms with Crippen molar-refractivity contribution in [3.63, 3.8) is 0 Å². The van der Waals surface area contributed by atoms with Crippen molar-refractivity contribution >= 4 is 11.7 Å². The number of aliphatic hydroxyl groups excluding tert-OH is 1. The molecule has 0 atom stereocenters. The van der Waals surface area contributed by atoms with E-state index in [0.717, 1.165) is 60.5 Å². The molecule has 2 saturated carbocycles. The number of carbonyl (C=O) groups is 1. The smallest absolute Gasteiger partial charge is 0.231 e. The van der Waals surface area contributed by atoms with Gasteiger partial charge in [-0.05, 0) is 88.5 Å². The molecular weight excluding hydrogens is 492 g/mol. The van der Waals surface area contributed by atoms with Crippen LogP contribution in [0.5, 0.6) is 5.75 Å². The third-order valence-electron chi connectivity index (χ3n) is 8.47. The van der Waals surface area contributed by atoms with Crippen molar-refractivity contribution in [3.05, 3.63) is 54.0 Å². The Bertz CT molecular complexity index is 1260. The minimum atomic E-state index is -0.297. The first-order valence-corrected chi connectivity index (χ1v) is 14.4. The summed E-state index contributed by atoms with van der Waals surface area (Å²) in [6.07, 6.45) is 10.8. The normalized spacial score (nSPS) is 23.4. The molecule has 0 bridgehead atoms. The van der Waals surface area contributed by atoms with E-state index >= 15 is 0 Å². The second-order valence-corrected chi connectivity index (χ2v) is 11.1. The molecule has 3 heterocycles. The van der Waals surface area contributed by atoms with Gasteiger partial charge in [-0.2, -0.15) is 0 Å². The van der Waals surface area contributed by atoms with Gasteiger partial charge in [0.15, 0.2) is 5.89 Å². The lowest BCUT2D eigenvalue weighted by Gasteiger charge is -2.35. The molecule has 8 nitrogen and oxygen atoms in total. The van der Waals surface area contributed by atoms with Crippen molar-refractivity contribution in [1.29, 1.82) is 0 Å². The van der Waals surface area contributed by atoms with E-state index in [1.807, 2.05) is 36.9 Å². The number of amides is 1. The third-order valence-corrected chi connectivity index (χ3v) is 8.47. The van der Waals surface area contributed by atoms with Gasteiger partial charge in [-0.25, -0.2) is 9.97 Å². The zero-order chi connectivity index (χ0) is 27.4. The van der Waals surface area contributed by atoms with Gasteiger partial charge in [0, 0.05) is 42.3 Å². The Morgan fingerprint density at radius 2 is 1.85 bits per heavy atom.